The fourth-order valence-corrected chi connectivity index (χ4v) is 2.81. The molecule has 0 spiro atoms. The van der Waals surface area contributed by atoms with E-state index in [4.69, 9.17) is 10.5 Å². The molecule has 1 fully saturated rings. The zero-order valence-electron chi connectivity index (χ0n) is 11.3. The molecule has 1 aliphatic carbocycles. The lowest BCUT2D eigenvalue weighted by Crippen LogP contribution is -2.22. The average molecular weight is 282 g/mol. The van der Waals surface area contributed by atoms with Gasteiger partial charge in [-0.1, -0.05) is 6.42 Å². The van der Waals surface area contributed by atoms with E-state index < -0.39 is 10.7 Å². The van der Waals surface area contributed by atoms with Crippen LogP contribution in [0.2, 0.25) is 0 Å². The average Bonchev–Trinajstić information content (AvgIpc) is 2.86. The lowest BCUT2D eigenvalue weighted by molar-refractivity contribution is -0.386. The van der Waals surface area contributed by atoms with Gasteiger partial charge in [0.05, 0.1) is 23.7 Å². The van der Waals surface area contributed by atoms with Crippen LogP contribution in [0.1, 0.15) is 24.8 Å². The Labute approximate surface area is 117 Å². The Morgan fingerprint density at radius 3 is 2.85 bits per heavy atom. The predicted octanol–water partition coefficient (Wildman–Crippen LogP) is 2.63. The predicted molar refractivity (Wildman–Crippen MR) is 72.6 cm³/mol. The normalized spacial score (nSPS) is 22.1. The number of nitrogens with two attached hydrogens (primary N) is 1. The van der Waals surface area contributed by atoms with E-state index in [-0.39, 0.29) is 17.9 Å². The first-order valence-electron chi connectivity index (χ1n) is 6.82. The summed E-state index contributed by atoms with van der Waals surface area (Å²) in [6.45, 7) is 1.23. The second-order valence-electron chi connectivity index (χ2n) is 5.23. The minimum atomic E-state index is -0.517. The van der Waals surface area contributed by atoms with Crippen LogP contribution in [0.15, 0.2) is 18.2 Å². The van der Waals surface area contributed by atoms with Crippen LogP contribution in [0.4, 0.5) is 10.1 Å². The van der Waals surface area contributed by atoms with Gasteiger partial charge in [0.15, 0.2) is 0 Å². The lowest BCUT2D eigenvalue weighted by atomic mass is 9.97. The van der Waals surface area contributed by atoms with Crippen molar-refractivity contribution in [2.24, 2.45) is 17.6 Å². The van der Waals surface area contributed by atoms with E-state index in [0.29, 0.717) is 25.0 Å². The molecule has 20 heavy (non-hydrogen) atoms. The van der Waals surface area contributed by atoms with Gasteiger partial charge in [0.25, 0.3) is 5.69 Å². The van der Waals surface area contributed by atoms with E-state index in [0.717, 1.165) is 31.4 Å². The third kappa shape index (κ3) is 3.52. The van der Waals surface area contributed by atoms with Gasteiger partial charge in [-0.15, -0.1) is 0 Å². The van der Waals surface area contributed by atoms with Gasteiger partial charge in [-0.25, -0.2) is 4.39 Å². The third-order valence-electron chi connectivity index (χ3n) is 3.95. The van der Waals surface area contributed by atoms with Crippen molar-refractivity contribution in [3.63, 3.8) is 0 Å². The molecule has 0 saturated heterocycles. The Balaban J connectivity index is 1.93. The highest BCUT2D eigenvalue weighted by atomic mass is 19.1. The van der Waals surface area contributed by atoms with Crippen LogP contribution in [0.3, 0.4) is 0 Å². The fourth-order valence-electron chi connectivity index (χ4n) is 2.81. The molecule has 0 amide bonds. The third-order valence-corrected chi connectivity index (χ3v) is 3.95. The molecule has 6 heteroatoms. The molecule has 0 aromatic heterocycles. The van der Waals surface area contributed by atoms with Crippen molar-refractivity contribution in [1.29, 1.82) is 0 Å². The van der Waals surface area contributed by atoms with E-state index in [1.165, 1.54) is 6.07 Å². The number of ether oxygens (including phenoxy) is 1. The van der Waals surface area contributed by atoms with Crippen molar-refractivity contribution in [2.75, 3.05) is 13.2 Å². The highest BCUT2D eigenvalue weighted by Gasteiger charge is 2.26. The van der Waals surface area contributed by atoms with E-state index in [2.05, 4.69) is 0 Å². The molecule has 2 N–H and O–H groups in total. The Morgan fingerprint density at radius 1 is 1.40 bits per heavy atom. The minimum absolute atomic E-state index is 0.0574. The fraction of sp³-hybridized carbons (Fsp3) is 0.571. The van der Waals surface area contributed by atoms with Gasteiger partial charge < -0.3 is 10.5 Å². The molecule has 1 aliphatic rings. The molecule has 1 aromatic carbocycles. The van der Waals surface area contributed by atoms with Gasteiger partial charge in [0.1, 0.15) is 5.82 Å². The first-order valence-corrected chi connectivity index (χ1v) is 6.82. The maximum Gasteiger partial charge on any atom is 0.275 e. The number of halogens is 1. The zero-order valence-corrected chi connectivity index (χ0v) is 11.3. The molecular weight excluding hydrogens is 263 g/mol. The molecule has 110 valence electrons. The molecule has 1 aromatic rings. The first kappa shape index (κ1) is 14.9. The van der Waals surface area contributed by atoms with Gasteiger partial charge in [0, 0.05) is 6.07 Å². The van der Waals surface area contributed by atoms with Crippen LogP contribution < -0.4 is 5.73 Å². The van der Waals surface area contributed by atoms with Crippen molar-refractivity contribution in [3.05, 3.63) is 39.7 Å². The number of hydrogen-bond donors (Lipinski definition) is 1. The molecule has 2 atom stereocenters. The highest BCUT2D eigenvalue weighted by Crippen LogP contribution is 2.31. The Bertz CT molecular complexity index is 481. The van der Waals surface area contributed by atoms with E-state index in [1.54, 1.807) is 0 Å². The van der Waals surface area contributed by atoms with Gasteiger partial charge in [-0.2, -0.15) is 0 Å². The maximum atomic E-state index is 13.2. The number of rotatable bonds is 6. The first-order chi connectivity index (χ1) is 9.61. The van der Waals surface area contributed by atoms with Gasteiger partial charge in [-0.3, -0.25) is 10.1 Å². The second-order valence-corrected chi connectivity index (χ2v) is 5.23. The van der Waals surface area contributed by atoms with E-state index in [1.807, 2.05) is 0 Å². The number of nitrogens with zero attached hydrogens (tertiary/aromatic N) is 1. The van der Waals surface area contributed by atoms with Crippen LogP contribution in [-0.2, 0) is 11.3 Å². The molecule has 2 unspecified atom stereocenters. The Morgan fingerprint density at radius 2 is 2.15 bits per heavy atom. The van der Waals surface area contributed by atoms with Gasteiger partial charge in [-0.05, 0) is 43.4 Å². The maximum absolute atomic E-state index is 13.2. The van der Waals surface area contributed by atoms with E-state index in [9.17, 15) is 14.5 Å². The zero-order chi connectivity index (χ0) is 14.5. The number of hydrogen-bond acceptors (Lipinski definition) is 4. The number of nitro groups is 1. The molecular formula is C14H19FN2O3. The molecule has 2 rings (SSSR count). The topological polar surface area (TPSA) is 78.4 Å². The molecule has 0 radical (unpaired) electrons. The van der Waals surface area contributed by atoms with E-state index >= 15 is 0 Å². The van der Waals surface area contributed by atoms with Gasteiger partial charge in [0.2, 0.25) is 0 Å². The number of benzene rings is 1. The standard InChI is InChI=1S/C14H19FN2O3/c15-13-4-5-14(17(18)19)12(6-13)9-20-8-11-3-1-2-10(11)7-16/h4-6,10-11H,1-3,7-9,16H2. The summed E-state index contributed by atoms with van der Waals surface area (Å²) >= 11 is 0. The minimum Gasteiger partial charge on any atom is -0.376 e. The van der Waals surface area contributed by atoms with Crippen LogP contribution in [0, 0.1) is 27.8 Å². The summed E-state index contributed by atoms with van der Waals surface area (Å²) in [5, 5.41) is 10.9. The van der Waals surface area contributed by atoms with Crippen molar-refractivity contribution in [1.82, 2.24) is 0 Å². The number of nitro benzene ring substituents is 1. The summed E-state index contributed by atoms with van der Waals surface area (Å²) in [6, 6.07) is 3.42. The summed E-state index contributed by atoms with van der Waals surface area (Å²) in [5.74, 6) is 0.389. The summed E-state index contributed by atoms with van der Waals surface area (Å²) in [6.07, 6.45) is 3.34. The van der Waals surface area contributed by atoms with Crippen molar-refractivity contribution >= 4 is 5.69 Å². The Hall–Kier alpha value is -1.53. The molecule has 5 nitrogen and oxygen atoms in total. The van der Waals surface area contributed by atoms with Crippen molar-refractivity contribution in [3.8, 4) is 0 Å². The summed E-state index contributed by atoms with van der Waals surface area (Å²) in [4.78, 5) is 10.3. The monoisotopic (exact) mass is 282 g/mol. The molecule has 0 aliphatic heterocycles. The Kier molecular flexibility index (Phi) is 5.03. The quantitative estimate of drug-likeness (QED) is 0.642. The SMILES string of the molecule is NCC1CCCC1COCc1cc(F)ccc1[N+](=O)[O-]. The summed E-state index contributed by atoms with van der Waals surface area (Å²) < 4.78 is 18.7. The van der Waals surface area contributed by atoms with Gasteiger partial charge >= 0.3 is 0 Å². The smallest absolute Gasteiger partial charge is 0.275 e. The molecule has 0 bridgehead atoms. The van der Waals surface area contributed by atoms with Crippen LogP contribution >= 0.6 is 0 Å². The second kappa shape index (κ2) is 6.76. The van der Waals surface area contributed by atoms with Crippen LogP contribution in [-0.4, -0.2) is 18.1 Å². The van der Waals surface area contributed by atoms with Crippen LogP contribution in [0.5, 0.6) is 0 Å². The van der Waals surface area contributed by atoms with Crippen molar-refractivity contribution < 1.29 is 14.1 Å². The summed E-state index contributed by atoms with van der Waals surface area (Å²) in [7, 11) is 0. The molecule has 0 heterocycles. The van der Waals surface area contributed by atoms with Crippen molar-refractivity contribution in [2.45, 2.75) is 25.9 Å². The van der Waals surface area contributed by atoms with Crippen LogP contribution in [0.25, 0.3) is 0 Å². The molecule has 1 saturated carbocycles. The largest absolute Gasteiger partial charge is 0.376 e. The lowest BCUT2D eigenvalue weighted by Gasteiger charge is -2.17. The highest BCUT2D eigenvalue weighted by molar-refractivity contribution is 5.39. The summed E-state index contributed by atoms with van der Waals surface area (Å²) in [5.41, 5.74) is 5.87.